The number of aryl methyl sites for hydroxylation is 1. The lowest BCUT2D eigenvalue weighted by atomic mass is 10.2. The summed E-state index contributed by atoms with van der Waals surface area (Å²) < 4.78 is 0. The third-order valence-electron chi connectivity index (χ3n) is 4.28. The summed E-state index contributed by atoms with van der Waals surface area (Å²) in [6.45, 7) is 4.16. The highest BCUT2D eigenvalue weighted by Gasteiger charge is 2.13. The van der Waals surface area contributed by atoms with Crippen LogP contribution in [0.5, 0.6) is 0 Å². The molecule has 5 nitrogen and oxygen atoms in total. The summed E-state index contributed by atoms with van der Waals surface area (Å²) in [7, 11) is 0. The molecular formula is C20H23N3O2. The number of amides is 2. The number of nitrogens with one attached hydrogen (secondary N) is 2. The Labute approximate surface area is 148 Å². The van der Waals surface area contributed by atoms with Gasteiger partial charge in [0.15, 0.2) is 0 Å². The lowest BCUT2D eigenvalue weighted by molar-refractivity contribution is -0.123. The van der Waals surface area contributed by atoms with Gasteiger partial charge in [-0.1, -0.05) is 17.7 Å². The fraction of sp³-hybridized carbons (Fsp3) is 0.300. The molecule has 1 fully saturated rings. The molecule has 2 amide bonds. The van der Waals surface area contributed by atoms with E-state index in [-0.39, 0.29) is 18.2 Å². The molecule has 0 aliphatic carbocycles. The van der Waals surface area contributed by atoms with Crippen LogP contribution in [0.3, 0.4) is 0 Å². The Morgan fingerprint density at radius 1 is 0.840 bits per heavy atom. The first-order valence-corrected chi connectivity index (χ1v) is 8.61. The highest BCUT2D eigenvalue weighted by atomic mass is 16.2. The third-order valence-corrected chi connectivity index (χ3v) is 4.28. The molecule has 5 heteroatoms. The largest absolute Gasteiger partial charge is 0.372 e. The highest BCUT2D eigenvalue weighted by Crippen LogP contribution is 2.22. The first kappa shape index (κ1) is 17.0. The van der Waals surface area contributed by atoms with E-state index in [1.807, 2.05) is 55.5 Å². The number of anilines is 3. The Balaban J connectivity index is 1.49. The van der Waals surface area contributed by atoms with Gasteiger partial charge in [-0.05, 0) is 56.2 Å². The van der Waals surface area contributed by atoms with Gasteiger partial charge >= 0.3 is 0 Å². The molecule has 2 aromatic rings. The number of carbonyl (C=O) groups excluding carboxylic acids is 2. The summed E-state index contributed by atoms with van der Waals surface area (Å²) in [5, 5.41) is 5.49. The Morgan fingerprint density at radius 2 is 1.32 bits per heavy atom. The van der Waals surface area contributed by atoms with E-state index >= 15 is 0 Å². The maximum Gasteiger partial charge on any atom is 0.233 e. The monoisotopic (exact) mass is 337 g/mol. The molecule has 0 aromatic heterocycles. The molecule has 1 aliphatic rings. The average Bonchev–Trinajstić information content (AvgIpc) is 3.12. The van der Waals surface area contributed by atoms with Crippen molar-refractivity contribution in [2.45, 2.75) is 26.2 Å². The highest BCUT2D eigenvalue weighted by molar-refractivity contribution is 6.08. The Hall–Kier alpha value is -2.82. The summed E-state index contributed by atoms with van der Waals surface area (Å²) in [6.07, 6.45) is 2.25. The number of hydrogen-bond donors (Lipinski definition) is 2. The fourth-order valence-corrected chi connectivity index (χ4v) is 2.92. The molecule has 3 rings (SSSR count). The minimum Gasteiger partial charge on any atom is -0.372 e. The maximum atomic E-state index is 12.0. The predicted molar refractivity (Wildman–Crippen MR) is 101 cm³/mol. The van der Waals surface area contributed by atoms with Crippen LogP contribution in [0.25, 0.3) is 0 Å². The summed E-state index contributed by atoms with van der Waals surface area (Å²) >= 11 is 0. The SMILES string of the molecule is Cc1ccc(NC(=O)CC(=O)Nc2ccc(N3CCCC3)cc2)cc1. The van der Waals surface area contributed by atoms with Gasteiger partial charge in [0.2, 0.25) is 11.8 Å². The van der Waals surface area contributed by atoms with Gasteiger partial charge in [0, 0.05) is 30.2 Å². The molecule has 0 atom stereocenters. The van der Waals surface area contributed by atoms with E-state index < -0.39 is 0 Å². The van der Waals surface area contributed by atoms with Crippen LogP contribution in [0.15, 0.2) is 48.5 Å². The second-order valence-electron chi connectivity index (χ2n) is 6.38. The second kappa shape index (κ2) is 7.83. The molecule has 1 aliphatic heterocycles. The molecule has 0 saturated carbocycles. The van der Waals surface area contributed by atoms with Crippen molar-refractivity contribution < 1.29 is 9.59 Å². The van der Waals surface area contributed by atoms with Crippen molar-refractivity contribution in [3.63, 3.8) is 0 Å². The van der Waals surface area contributed by atoms with Crippen LogP contribution >= 0.6 is 0 Å². The fourth-order valence-electron chi connectivity index (χ4n) is 2.92. The van der Waals surface area contributed by atoms with Crippen molar-refractivity contribution in [3.05, 3.63) is 54.1 Å². The molecule has 2 aromatic carbocycles. The van der Waals surface area contributed by atoms with E-state index in [0.717, 1.165) is 18.7 Å². The predicted octanol–water partition coefficient (Wildman–Crippen LogP) is 3.56. The first-order chi connectivity index (χ1) is 12.1. The zero-order valence-corrected chi connectivity index (χ0v) is 14.4. The van der Waals surface area contributed by atoms with Crippen molar-refractivity contribution >= 4 is 28.9 Å². The van der Waals surface area contributed by atoms with Gasteiger partial charge in [-0.2, -0.15) is 0 Å². The molecular weight excluding hydrogens is 314 g/mol. The standard InChI is InChI=1S/C20H23N3O2/c1-15-4-6-16(7-5-15)21-19(24)14-20(25)22-17-8-10-18(11-9-17)23-12-2-3-13-23/h4-11H,2-3,12-14H2,1H3,(H,21,24)(H,22,25). The van der Waals surface area contributed by atoms with E-state index in [4.69, 9.17) is 0 Å². The van der Waals surface area contributed by atoms with Crippen molar-refractivity contribution in [3.8, 4) is 0 Å². The topological polar surface area (TPSA) is 61.4 Å². The lowest BCUT2D eigenvalue weighted by Crippen LogP contribution is -2.21. The lowest BCUT2D eigenvalue weighted by Gasteiger charge is -2.17. The second-order valence-corrected chi connectivity index (χ2v) is 6.38. The minimum absolute atomic E-state index is 0.207. The van der Waals surface area contributed by atoms with E-state index in [1.165, 1.54) is 18.5 Å². The Kier molecular flexibility index (Phi) is 5.33. The molecule has 0 unspecified atom stereocenters. The first-order valence-electron chi connectivity index (χ1n) is 8.61. The molecule has 25 heavy (non-hydrogen) atoms. The summed E-state index contributed by atoms with van der Waals surface area (Å²) in [4.78, 5) is 26.3. The van der Waals surface area contributed by atoms with Crippen LogP contribution in [-0.4, -0.2) is 24.9 Å². The van der Waals surface area contributed by atoms with Crippen LogP contribution in [0.1, 0.15) is 24.8 Å². The van der Waals surface area contributed by atoms with Crippen LogP contribution in [0.2, 0.25) is 0 Å². The van der Waals surface area contributed by atoms with E-state index in [2.05, 4.69) is 15.5 Å². The quantitative estimate of drug-likeness (QED) is 0.820. The number of benzene rings is 2. The normalized spacial score (nSPS) is 13.6. The molecule has 1 saturated heterocycles. The summed E-state index contributed by atoms with van der Waals surface area (Å²) in [5.41, 5.74) is 3.69. The smallest absolute Gasteiger partial charge is 0.233 e. The molecule has 130 valence electrons. The van der Waals surface area contributed by atoms with Gasteiger partial charge in [-0.15, -0.1) is 0 Å². The number of hydrogen-bond acceptors (Lipinski definition) is 3. The van der Waals surface area contributed by atoms with Gasteiger partial charge in [-0.3, -0.25) is 9.59 Å². The van der Waals surface area contributed by atoms with E-state index in [0.29, 0.717) is 11.4 Å². The average molecular weight is 337 g/mol. The molecule has 0 bridgehead atoms. The molecule has 0 spiro atoms. The van der Waals surface area contributed by atoms with Crippen LogP contribution in [0, 0.1) is 6.92 Å². The van der Waals surface area contributed by atoms with Gasteiger partial charge < -0.3 is 15.5 Å². The molecule has 0 radical (unpaired) electrons. The van der Waals surface area contributed by atoms with Gasteiger partial charge in [0.05, 0.1) is 0 Å². The number of rotatable bonds is 5. The van der Waals surface area contributed by atoms with E-state index in [9.17, 15) is 9.59 Å². The van der Waals surface area contributed by atoms with Crippen molar-refractivity contribution in [1.29, 1.82) is 0 Å². The summed E-state index contributed by atoms with van der Waals surface area (Å²) in [5.74, 6) is -0.645. The van der Waals surface area contributed by atoms with Crippen LogP contribution in [-0.2, 0) is 9.59 Å². The Morgan fingerprint density at radius 3 is 1.84 bits per heavy atom. The van der Waals surface area contributed by atoms with E-state index in [1.54, 1.807) is 0 Å². The number of nitrogens with zero attached hydrogens (tertiary/aromatic N) is 1. The van der Waals surface area contributed by atoms with Gasteiger partial charge in [-0.25, -0.2) is 0 Å². The molecule has 1 heterocycles. The third kappa shape index (κ3) is 4.83. The zero-order chi connectivity index (χ0) is 17.6. The maximum absolute atomic E-state index is 12.0. The molecule has 2 N–H and O–H groups in total. The van der Waals surface area contributed by atoms with Crippen molar-refractivity contribution in [1.82, 2.24) is 0 Å². The van der Waals surface area contributed by atoms with Crippen LogP contribution < -0.4 is 15.5 Å². The van der Waals surface area contributed by atoms with Crippen molar-refractivity contribution in [2.24, 2.45) is 0 Å². The minimum atomic E-state index is -0.324. The summed E-state index contributed by atoms with van der Waals surface area (Å²) in [6, 6.07) is 15.2. The van der Waals surface area contributed by atoms with Gasteiger partial charge in [0.25, 0.3) is 0 Å². The van der Waals surface area contributed by atoms with Gasteiger partial charge in [0.1, 0.15) is 6.42 Å². The van der Waals surface area contributed by atoms with Crippen molar-refractivity contribution in [2.75, 3.05) is 28.6 Å². The Bertz CT molecular complexity index is 733. The number of carbonyl (C=O) groups is 2. The van der Waals surface area contributed by atoms with Crippen LogP contribution in [0.4, 0.5) is 17.1 Å². The zero-order valence-electron chi connectivity index (χ0n) is 14.4.